The van der Waals surface area contributed by atoms with Crippen LogP contribution in [0.2, 0.25) is 0 Å². The van der Waals surface area contributed by atoms with E-state index in [9.17, 15) is 19.2 Å². The third-order valence-corrected chi connectivity index (χ3v) is 11.7. The number of halogens is 1. The zero-order valence-corrected chi connectivity index (χ0v) is 31.0. The lowest BCUT2D eigenvalue weighted by Gasteiger charge is -2.54. The Morgan fingerprint density at radius 1 is 0.929 bits per heavy atom. The number of anilines is 2. The summed E-state index contributed by atoms with van der Waals surface area (Å²) >= 11 is 0. The lowest BCUT2D eigenvalue weighted by molar-refractivity contribution is -0.136. The third-order valence-electron chi connectivity index (χ3n) is 11.7. The SMILES string of the molecule is CC(C)(c1ccc(OCc2ccnc(N3CC4(COC4)C3)n2)cc1)c1ccc(O[C@H]2C[C@@H](Nc3cc4c(cc3F)C(=O)N(C3CCC(=O)NC3=O)C4=O)C2)cc1. The number of ether oxygens (including phenoxy) is 3. The monoisotopic (exact) mass is 760 g/mol. The van der Waals surface area contributed by atoms with Gasteiger partial charge in [0.2, 0.25) is 17.8 Å². The first-order valence-corrected chi connectivity index (χ1v) is 18.9. The highest BCUT2D eigenvalue weighted by Crippen LogP contribution is 2.40. The van der Waals surface area contributed by atoms with E-state index in [4.69, 9.17) is 19.2 Å². The molecule has 4 fully saturated rings. The van der Waals surface area contributed by atoms with Gasteiger partial charge in [-0.2, -0.15) is 0 Å². The van der Waals surface area contributed by atoms with Crippen molar-refractivity contribution in [3.05, 3.63) is 107 Å². The van der Waals surface area contributed by atoms with E-state index >= 15 is 4.39 Å². The minimum atomic E-state index is -1.11. The van der Waals surface area contributed by atoms with Crippen LogP contribution in [0.4, 0.5) is 16.0 Å². The second-order valence-electron chi connectivity index (χ2n) is 16.0. The molecule has 4 aliphatic heterocycles. The van der Waals surface area contributed by atoms with Crippen molar-refractivity contribution in [1.82, 2.24) is 20.2 Å². The van der Waals surface area contributed by atoms with E-state index in [1.165, 1.54) is 6.07 Å². The maximum atomic E-state index is 15.1. The van der Waals surface area contributed by atoms with Crippen molar-refractivity contribution < 1.29 is 37.8 Å². The second-order valence-corrected chi connectivity index (χ2v) is 16.0. The molecule has 3 aromatic carbocycles. The minimum absolute atomic E-state index is 0.00810. The van der Waals surface area contributed by atoms with Crippen LogP contribution >= 0.6 is 0 Å². The Labute approximate surface area is 322 Å². The van der Waals surface area contributed by atoms with Gasteiger partial charge in [0.15, 0.2) is 0 Å². The van der Waals surface area contributed by atoms with Gasteiger partial charge in [-0.3, -0.25) is 29.4 Å². The highest BCUT2D eigenvalue weighted by atomic mass is 19.1. The van der Waals surface area contributed by atoms with Crippen molar-refractivity contribution in [3.8, 4) is 11.5 Å². The smallest absolute Gasteiger partial charge is 0.262 e. The standard InChI is InChI=1S/C42H41FN6O7/c1-41(2,24-3-7-28(8-4-24)55-19-26-13-14-44-40(46-26)48-20-42(21-48)22-54-23-42)25-5-9-29(10-6-25)56-30-15-27(16-30)45-34-18-32-31(17-33(34)43)38(52)49(39(32)53)35-11-12-36(50)47-37(35)51/h3-10,13-14,17-18,27,30,35,45H,11-12,15-16,19-23H2,1-2H3,(H,47,50,51)/t27-,30+,35?. The molecule has 1 atom stereocenters. The maximum Gasteiger partial charge on any atom is 0.262 e. The molecule has 9 rings (SSSR count). The molecule has 5 heterocycles. The summed E-state index contributed by atoms with van der Waals surface area (Å²) in [7, 11) is 0. The maximum absolute atomic E-state index is 15.1. The van der Waals surface area contributed by atoms with Gasteiger partial charge in [0, 0.05) is 50.0 Å². The summed E-state index contributed by atoms with van der Waals surface area (Å²) in [5, 5.41) is 5.30. The number of nitrogens with one attached hydrogen (secondary N) is 2. The minimum Gasteiger partial charge on any atom is -0.490 e. The van der Waals surface area contributed by atoms with Gasteiger partial charge in [-0.05, 0) is 60.0 Å². The molecule has 0 bridgehead atoms. The number of carbonyl (C=O) groups excluding carboxylic acids is 4. The molecule has 1 saturated carbocycles. The number of nitrogens with zero attached hydrogens (tertiary/aromatic N) is 4. The summed E-state index contributed by atoms with van der Waals surface area (Å²) < 4.78 is 32.8. The van der Waals surface area contributed by atoms with Gasteiger partial charge in [-0.1, -0.05) is 38.1 Å². The highest BCUT2D eigenvalue weighted by Gasteiger charge is 2.50. The van der Waals surface area contributed by atoms with Gasteiger partial charge in [0.05, 0.1) is 41.1 Å². The lowest BCUT2D eigenvalue weighted by atomic mass is 9.78. The number of amides is 4. The Kier molecular flexibility index (Phi) is 8.75. The van der Waals surface area contributed by atoms with Crippen molar-refractivity contribution in [2.24, 2.45) is 5.41 Å². The predicted molar refractivity (Wildman–Crippen MR) is 201 cm³/mol. The first kappa shape index (κ1) is 35.8. The van der Waals surface area contributed by atoms with Gasteiger partial charge in [0.25, 0.3) is 11.8 Å². The summed E-state index contributed by atoms with van der Waals surface area (Å²) in [6.45, 7) is 8.20. The number of aromatic nitrogens is 2. The molecular weight excluding hydrogens is 719 g/mol. The number of hydrogen-bond donors (Lipinski definition) is 2. The fraction of sp³-hybridized carbons (Fsp3) is 0.381. The van der Waals surface area contributed by atoms with Gasteiger partial charge in [-0.25, -0.2) is 14.4 Å². The lowest BCUT2D eigenvalue weighted by Crippen LogP contribution is -2.66. The van der Waals surface area contributed by atoms with Crippen LogP contribution in [0.15, 0.2) is 72.9 Å². The number of hydrogen-bond acceptors (Lipinski definition) is 11. The van der Waals surface area contributed by atoms with Gasteiger partial charge < -0.3 is 24.4 Å². The third kappa shape index (κ3) is 6.51. The molecule has 13 nitrogen and oxygen atoms in total. The summed E-state index contributed by atoms with van der Waals surface area (Å²) in [6, 6.07) is 19.2. The number of carbonyl (C=O) groups is 4. The molecule has 288 valence electrons. The first-order chi connectivity index (χ1) is 26.9. The molecule has 5 aliphatic rings. The van der Waals surface area contributed by atoms with E-state index in [-0.39, 0.29) is 47.2 Å². The fourth-order valence-corrected chi connectivity index (χ4v) is 8.13. The van der Waals surface area contributed by atoms with Gasteiger partial charge >= 0.3 is 0 Å². The van der Waals surface area contributed by atoms with Crippen molar-refractivity contribution >= 4 is 35.3 Å². The quantitative estimate of drug-likeness (QED) is 0.203. The molecule has 1 aliphatic carbocycles. The van der Waals surface area contributed by atoms with Crippen LogP contribution < -0.4 is 25.0 Å². The zero-order valence-electron chi connectivity index (χ0n) is 31.0. The number of piperidine rings is 1. The van der Waals surface area contributed by atoms with E-state index in [0.29, 0.717) is 24.9 Å². The Morgan fingerprint density at radius 2 is 1.59 bits per heavy atom. The largest absolute Gasteiger partial charge is 0.490 e. The molecule has 1 aromatic heterocycles. The fourth-order valence-electron chi connectivity index (χ4n) is 8.13. The van der Waals surface area contributed by atoms with E-state index < -0.39 is 35.5 Å². The molecule has 56 heavy (non-hydrogen) atoms. The summed E-state index contributed by atoms with van der Waals surface area (Å²) in [4.78, 5) is 62.3. The average molecular weight is 761 g/mol. The van der Waals surface area contributed by atoms with E-state index in [2.05, 4.69) is 58.6 Å². The molecule has 4 aromatic rings. The molecule has 0 radical (unpaired) electrons. The second kappa shape index (κ2) is 13.7. The summed E-state index contributed by atoms with van der Waals surface area (Å²) in [6.07, 6.45) is 2.96. The van der Waals surface area contributed by atoms with Gasteiger partial charge in [-0.15, -0.1) is 0 Å². The van der Waals surface area contributed by atoms with E-state index in [1.807, 2.05) is 30.3 Å². The first-order valence-electron chi connectivity index (χ1n) is 18.9. The Morgan fingerprint density at radius 3 is 2.23 bits per heavy atom. The number of benzene rings is 3. The highest BCUT2D eigenvalue weighted by molar-refractivity contribution is 6.23. The molecule has 4 amide bonds. The zero-order chi connectivity index (χ0) is 38.8. The van der Waals surface area contributed by atoms with Crippen LogP contribution in [-0.4, -0.2) is 83.0 Å². The van der Waals surface area contributed by atoms with Crippen LogP contribution in [0.5, 0.6) is 11.5 Å². The van der Waals surface area contributed by atoms with Gasteiger partial charge in [0.1, 0.15) is 36.1 Å². The molecule has 14 heteroatoms. The number of imide groups is 2. The van der Waals surface area contributed by atoms with E-state index in [0.717, 1.165) is 71.5 Å². The number of fused-ring (bicyclic) bond motifs is 1. The molecule has 1 spiro atoms. The predicted octanol–water partition coefficient (Wildman–Crippen LogP) is 4.78. The normalized spacial score (nSPS) is 22.5. The van der Waals surface area contributed by atoms with Crippen LogP contribution in [0.25, 0.3) is 0 Å². The van der Waals surface area contributed by atoms with Crippen molar-refractivity contribution in [2.75, 3.05) is 36.5 Å². The van der Waals surface area contributed by atoms with Crippen LogP contribution in [0.1, 0.15) is 77.1 Å². The summed E-state index contributed by atoms with van der Waals surface area (Å²) in [5.41, 5.74) is 3.12. The molecule has 2 N–H and O–H groups in total. The average Bonchev–Trinajstić information content (AvgIpc) is 3.36. The topological polar surface area (TPSA) is 152 Å². The van der Waals surface area contributed by atoms with Crippen molar-refractivity contribution in [1.29, 1.82) is 0 Å². The van der Waals surface area contributed by atoms with Crippen LogP contribution in [0.3, 0.4) is 0 Å². The Bertz CT molecular complexity index is 2230. The van der Waals surface area contributed by atoms with E-state index in [1.54, 1.807) is 6.20 Å². The van der Waals surface area contributed by atoms with Crippen molar-refractivity contribution in [3.63, 3.8) is 0 Å². The Hall–Kier alpha value is -5.89. The number of rotatable bonds is 11. The Balaban J connectivity index is 0.759. The molecule has 1 unspecified atom stereocenters. The molecular formula is C42H41FN6O7. The summed E-state index contributed by atoms with van der Waals surface area (Å²) in [5.74, 6) is -1.04. The van der Waals surface area contributed by atoms with Crippen LogP contribution in [-0.2, 0) is 26.3 Å². The van der Waals surface area contributed by atoms with Crippen LogP contribution in [0, 0.1) is 11.2 Å². The molecule has 3 saturated heterocycles. The van der Waals surface area contributed by atoms with Crippen molar-refractivity contribution in [2.45, 2.75) is 69.7 Å².